The zero-order chi connectivity index (χ0) is 10.2. The van der Waals surface area contributed by atoms with Crippen LogP contribution in [0, 0.1) is 11.8 Å². The van der Waals surface area contributed by atoms with Crippen LogP contribution in [0.25, 0.3) is 0 Å². The molecule has 1 N–H and O–H groups in total. The van der Waals surface area contributed by atoms with E-state index < -0.39 is 0 Å². The summed E-state index contributed by atoms with van der Waals surface area (Å²) in [5.41, 5.74) is 1.16. The molecule has 0 saturated carbocycles. The number of carbonyl (C=O) groups excluding carboxylic acids is 1. The standard InChI is InChI=1S/C11H12N2O/c1-2-3-11(14)13-9-6-10-4-7-12-8-5-10/h4-5,7-8H,6,9H2,1H3,(H,13,14). The summed E-state index contributed by atoms with van der Waals surface area (Å²) >= 11 is 0. The van der Waals surface area contributed by atoms with Crippen molar-refractivity contribution in [1.29, 1.82) is 0 Å². The molecule has 3 heteroatoms. The number of nitrogens with zero attached hydrogens (tertiary/aromatic N) is 1. The molecule has 1 aromatic heterocycles. The Morgan fingerprint density at radius 2 is 2.21 bits per heavy atom. The van der Waals surface area contributed by atoms with Gasteiger partial charge in [-0.15, -0.1) is 0 Å². The molecular formula is C11H12N2O. The Morgan fingerprint density at radius 1 is 1.50 bits per heavy atom. The van der Waals surface area contributed by atoms with E-state index in [0.717, 1.165) is 12.0 Å². The Bertz CT molecular complexity index is 349. The molecule has 1 heterocycles. The summed E-state index contributed by atoms with van der Waals surface area (Å²) in [4.78, 5) is 14.8. The monoisotopic (exact) mass is 188 g/mol. The van der Waals surface area contributed by atoms with Crippen LogP contribution >= 0.6 is 0 Å². The van der Waals surface area contributed by atoms with Crippen LogP contribution in [0.3, 0.4) is 0 Å². The highest BCUT2D eigenvalue weighted by Crippen LogP contribution is 1.95. The van der Waals surface area contributed by atoms with E-state index in [9.17, 15) is 4.79 Å². The van der Waals surface area contributed by atoms with Crippen LogP contribution in [0.15, 0.2) is 24.5 Å². The van der Waals surface area contributed by atoms with Gasteiger partial charge >= 0.3 is 0 Å². The van der Waals surface area contributed by atoms with Gasteiger partial charge in [-0.25, -0.2) is 0 Å². The highest BCUT2D eigenvalue weighted by Gasteiger charge is 1.94. The number of hydrogen-bond donors (Lipinski definition) is 1. The number of hydrogen-bond acceptors (Lipinski definition) is 2. The molecule has 0 unspecified atom stereocenters. The van der Waals surface area contributed by atoms with Gasteiger partial charge in [-0.05, 0) is 37.0 Å². The van der Waals surface area contributed by atoms with E-state index in [4.69, 9.17) is 0 Å². The minimum atomic E-state index is -0.221. The van der Waals surface area contributed by atoms with Crippen molar-refractivity contribution >= 4 is 5.91 Å². The van der Waals surface area contributed by atoms with E-state index >= 15 is 0 Å². The van der Waals surface area contributed by atoms with Crippen molar-refractivity contribution in [2.24, 2.45) is 0 Å². The molecule has 14 heavy (non-hydrogen) atoms. The Labute approximate surface area is 83.6 Å². The fourth-order valence-corrected chi connectivity index (χ4v) is 1.03. The number of rotatable bonds is 3. The van der Waals surface area contributed by atoms with Gasteiger partial charge in [-0.1, -0.05) is 5.92 Å². The topological polar surface area (TPSA) is 42.0 Å². The molecule has 0 spiro atoms. The quantitative estimate of drug-likeness (QED) is 0.712. The van der Waals surface area contributed by atoms with Gasteiger partial charge < -0.3 is 5.32 Å². The van der Waals surface area contributed by atoms with Crippen LogP contribution in [0.1, 0.15) is 12.5 Å². The summed E-state index contributed by atoms with van der Waals surface area (Å²) in [7, 11) is 0. The third-order valence-corrected chi connectivity index (χ3v) is 1.69. The molecule has 3 nitrogen and oxygen atoms in total. The maximum Gasteiger partial charge on any atom is 0.295 e. The van der Waals surface area contributed by atoms with E-state index in [1.165, 1.54) is 0 Å². The van der Waals surface area contributed by atoms with Gasteiger partial charge in [0.15, 0.2) is 0 Å². The summed E-state index contributed by atoms with van der Waals surface area (Å²) in [6, 6.07) is 3.86. The second kappa shape index (κ2) is 5.76. The highest BCUT2D eigenvalue weighted by atomic mass is 16.1. The lowest BCUT2D eigenvalue weighted by molar-refractivity contribution is -0.115. The van der Waals surface area contributed by atoms with Gasteiger partial charge in [0.2, 0.25) is 0 Å². The van der Waals surface area contributed by atoms with E-state index in [1.807, 2.05) is 12.1 Å². The molecule has 0 aliphatic rings. The van der Waals surface area contributed by atoms with Crippen molar-refractivity contribution in [3.63, 3.8) is 0 Å². The molecule has 1 aromatic rings. The first-order valence-corrected chi connectivity index (χ1v) is 4.42. The van der Waals surface area contributed by atoms with Gasteiger partial charge in [-0.2, -0.15) is 0 Å². The molecule has 72 valence electrons. The van der Waals surface area contributed by atoms with Crippen molar-refractivity contribution in [1.82, 2.24) is 10.3 Å². The van der Waals surface area contributed by atoms with E-state index in [1.54, 1.807) is 19.3 Å². The highest BCUT2D eigenvalue weighted by molar-refractivity contribution is 5.93. The summed E-state index contributed by atoms with van der Waals surface area (Å²) < 4.78 is 0. The number of carbonyl (C=O) groups is 1. The van der Waals surface area contributed by atoms with Crippen LogP contribution in [-0.4, -0.2) is 17.4 Å². The first kappa shape index (κ1) is 10.3. The Kier molecular flexibility index (Phi) is 4.22. The third-order valence-electron chi connectivity index (χ3n) is 1.69. The fourth-order valence-electron chi connectivity index (χ4n) is 1.03. The Hall–Kier alpha value is -1.82. The predicted octanol–water partition coefficient (Wildman–Crippen LogP) is 0.764. The molecule has 0 aliphatic heterocycles. The van der Waals surface area contributed by atoms with Crippen LogP contribution < -0.4 is 5.32 Å². The van der Waals surface area contributed by atoms with E-state index in [0.29, 0.717) is 6.54 Å². The van der Waals surface area contributed by atoms with Gasteiger partial charge in [0.1, 0.15) is 0 Å². The lowest BCUT2D eigenvalue weighted by Gasteiger charge is -2.00. The lowest BCUT2D eigenvalue weighted by Crippen LogP contribution is -2.23. The molecule has 0 bridgehead atoms. The number of pyridine rings is 1. The SMILES string of the molecule is CC#CC(=O)NCCc1ccncc1. The number of nitrogens with one attached hydrogen (secondary N) is 1. The van der Waals surface area contributed by atoms with Crippen molar-refractivity contribution in [2.45, 2.75) is 13.3 Å². The van der Waals surface area contributed by atoms with Crippen molar-refractivity contribution in [3.8, 4) is 11.8 Å². The van der Waals surface area contributed by atoms with Crippen LogP contribution in [0.4, 0.5) is 0 Å². The van der Waals surface area contributed by atoms with Crippen LogP contribution in [0.2, 0.25) is 0 Å². The van der Waals surface area contributed by atoms with Crippen molar-refractivity contribution in [3.05, 3.63) is 30.1 Å². The summed E-state index contributed by atoms with van der Waals surface area (Å²) in [6.45, 7) is 2.25. The first-order chi connectivity index (χ1) is 6.83. The summed E-state index contributed by atoms with van der Waals surface area (Å²) in [5, 5.41) is 2.70. The van der Waals surface area contributed by atoms with Crippen LogP contribution in [0.5, 0.6) is 0 Å². The molecule has 0 fully saturated rings. The fraction of sp³-hybridized carbons (Fsp3) is 0.273. The van der Waals surface area contributed by atoms with Gasteiger partial charge in [0, 0.05) is 18.9 Å². The molecule has 1 rings (SSSR count). The minimum absolute atomic E-state index is 0.221. The smallest absolute Gasteiger partial charge is 0.295 e. The maximum atomic E-state index is 10.9. The van der Waals surface area contributed by atoms with E-state index in [-0.39, 0.29) is 5.91 Å². The minimum Gasteiger partial charge on any atom is -0.345 e. The molecule has 1 amide bonds. The molecule has 0 saturated heterocycles. The second-order valence-corrected chi connectivity index (χ2v) is 2.74. The van der Waals surface area contributed by atoms with Gasteiger partial charge in [0.05, 0.1) is 0 Å². The number of aromatic nitrogens is 1. The molecule has 0 atom stereocenters. The van der Waals surface area contributed by atoms with Crippen molar-refractivity contribution < 1.29 is 4.79 Å². The zero-order valence-electron chi connectivity index (χ0n) is 8.08. The Morgan fingerprint density at radius 3 is 2.86 bits per heavy atom. The van der Waals surface area contributed by atoms with Crippen LogP contribution in [-0.2, 0) is 11.2 Å². The lowest BCUT2D eigenvalue weighted by atomic mass is 10.2. The summed E-state index contributed by atoms with van der Waals surface area (Å²) in [5.74, 6) is 4.74. The molecular weight excluding hydrogens is 176 g/mol. The van der Waals surface area contributed by atoms with E-state index in [2.05, 4.69) is 22.1 Å². The predicted molar refractivity (Wildman–Crippen MR) is 54.4 cm³/mol. The number of amides is 1. The molecule has 0 radical (unpaired) electrons. The maximum absolute atomic E-state index is 10.9. The average molecular weight is 188 g/mol. The van der Waals surface area contributed by atoms with Crippen molar-refractivity contribution in [2.75, 3.05) is 6.54 Å². The van der Waals surface area contributed by atoms with Gasteiger partial charge in [0.25, 0.3) is 5.91 Å². The first-order valence-electron chi connectivity index (χ1n) is 4.42. The Balaban J connectivity index is 2.28. The normalized spacial score (nSPS) is 8.64. The third kappa shape index (κ3) is 3.72. The molecule has 0 aromatic carbocycles. The largest absolute Gasteiger partial charge is 0.345 e. The molecule has 0 aliphatic carbocycles. The van der Waals surface area contributed by atoms with Gasteiger partial charge in [-0.3, -0.25) is 9.78 Å². The second-order valence-electron chi connectivity index (χ2n) is 2.74. The average Bonchev–Trinajstić information content (AvgIpc) is 2.20. The summed E-state index contributed by atoms with van der Waals surface area (Å²) in [6.07, 6.45) is 4.28. The zero-order valence-corrected chi connectivity index (χ0v) is 8.08.